The first-order valence-corrected chi connectivity index (χ1v) is 6.68. The van der Waals surface area contributed by atoms with Gasteiger partial charge in [-0.3, -0.25) is 0 Å². The van der Waals surface area contributed by atoms with Crippen LogP contribution in [0, 0.1) is 3.70 Å². The maximum absolute atomic E-state index is 10.7. The van der Waals surface area contributed by atoms with E-state index in [9.17, 15) is 4.79 Å². The molecule has 0 radical (unpaired) electrons. The highest BCUT2D eigenvalue weighted by Gasteiger charge is 2.36. The molecule has 7 heteroatoms. The minimum atomic E-state index is -0.831. The Bertz CT molecular complexity index is 467. The third-order valence-electron chi connectivity index (χ3n) is 3.38. The average molecular weight is 348 g/mol. The Morgan fingerprint density at radius 2 is 2.29 bits per heavy atom. The van der Waals surface area contributed by atoms with E-state index >= 15 is 0 Å². The molecule has 2 N–H and O–H groups in total. The fourth-order valence-electron chi connectivity index (χ4n) is 2.40. The topological polar surface area (TPSA) is 70.4 Å². The van der Waals surface area contributed by atoms with Gasteiger partial charge in [0.25, 0.3) is 0 Å². The van der Waals surface area contributed by atoms with Gasteiger partial charge in [0.2, 0.25) is 0 Å². The molecule has 1 saturated heterocycles. The molecule has 3 rings (SSSR count). The van der Waals surface area contributed by atoms with Crippen molar-refractivity contribution in [2.45, 2.75) is 19.0 Å². The predicted octanol–water partition coefficient (Wildman–Crippen LogP) is 0.668. The number of aromatic nitrogens is 2. The smallest absolute Gasteiger partial charge is 0.407 e. The van der Waals surface area contributed by atoms with Crippen LogP contribution in [0.1, 0.15) is 17.4 Å². The second kappa shape index (κ2) is 4.13. The van der Waals surface area contributed by atoms with E-state index in [1.807, 2.05) is 0 Å². The quantitative estimate of drug-likeness (QED) is 0.732. The number of fused-ring (bicyclic) bond motifs is 1. The first kappa shape index (κ1) is 11.3. The van der Waals surface area contributed by atoms with E-state index in [0.29, 0.717) is 13.1 Å². The summed E-state index contributed by atoms with van der Waals surface area (Å²) in [5, 5.41) is 12.2. The van der Waals surface area contributed by atoms with Gasteiger partial charge in [-0.05, 0) is 22.6 Å². The Kier molecular flexibility index (Phi) is 2.74. The van der Waals surface area contributed by atoms with Crippen molar-refractivity contribution >= 4 is 28.7 Å². The van der Waals surface area contributed by atoms with E-state index in [-0.39, 0.29) is 5.92 Å². The standard InChI is InChI=1S/C10H13IN4O2/c11-8-7-3-12-1-2-15(7)9(13-8)6-4-14(5-6)10(16)17/h6,12H,1-5H2,(H,16,17). The van der Waals surface area contributed by atoms with E-state index in [1.165, 1.54) is 10.6 Å². The number of rotatable bonds is 1. The van der Waals surface area contributed by atoms with Crippen molar-refractivity contribution in [1.82, 2.24) is 19.8 Å². The van der Waals surface area contributed by atoms with E-state index < -0.39 is 6.09 Å². The summed E-state index contributed by atoms with van der Waals surface area (Å²) in [5.74, 6) is 1.33. The molecule has 0 spiro atoms. The molecule has 0 aromatic carbocycles. The van der Waals surface area contributed by atoms with Crippen LogP contribution < -0.4 is 5.32 Å². The molecule has 17 heavy (non-hydrogen) atoms. The van der Waals surface area contributed by atoms with Gasteiger partial charge in [-0.1, -0.05) is 0 Å². The molecule has 2 aliphatic heterocycles. The first-order chi connectivity index (χ1) is 8.16. The van der Waals surface area contributed by atoms with Gasteiger partial charge in [0.1, 0.15) is 9.53 Å². The summed E-state index contributed by atoms with van der Waals surface area (Å²) in [6.07, 6.45) is -0.831. The normalized spacial score (nSPS) is 19.9. The number of likely N-dealkylation sites (tertiary alicyclic amines) is 1. The second-order valence-electron chi connectivity index (χ2n) is 4.42. The lowest BCUT2D eigenvalue weighted by molar-refractivity contribution is 0.102. The molecule has 2 aliphatic rings. The maximum atomic E-state index is 10.7. The van der Waals surface area contributed by atoms with Gasteiger partial charge in [0.15, 0.2) is 0 Å². The molecule has 6 nitrogen and oxygen atoms in total. The monoisotopic (exact) mass is 348 g/mol. The van der Waals surface area contributed by atoms with Crippen LogP contribution >= 0.6 is 22.6 Å². The van der Waals surface area contributed by atoms with Crippen LogP contribution in [0.4, 0.5) is 4.79 Å². The van der Waals surface area contributed by atoms with Crippen LogP contribution in [0.2, 0.25) is 0 Å². The molecular formula is C10H13IN4O2. The van der Waals surface area contributed by atoms with Gasteiger partial charge in [-0.25, -0.2) is 9.78 Å². The van der Waals surface area contributed by atoms with Crippen molar-refractivity contribution in [2.75, 3.05) is 19.6 Å². The van der Waals surface area contributed by atoms with Crippen LogP contribution in [0.3, 0.4) is 0 Å². The SMILES string of the molecule is O=C(O)N1CC(c2nc(I)c3n2CCNC3)C1. The zero-order valence-corrected chi connectivity index (χ0v) is 11.3. The molecular weight excluding hydrogens is 335 g/mol. The molecule has 0 atom stereocenters. The van der Waals surface area contributed by atoms with Crippen LogP contribution in [0.15, 0.2) is 0 Å². The minimum absolute atomic E-state index is 0.270. The third kappa shape index (κ3) is 1.81. The third-order valence-corrected chi connectivity index (χ3v) is 4.24. The maximum Gasteiger partial charge on any atom is 0.407 e. The highest BCUT2D eigenvalue weighted by molar-refractivity contribution is 14.1. The lowest BCUT2D eigenvalue weighted by Gasteiger charge is -2.37. The van der Waals surface area contributed by atoms with Crippen molar-refractivity contribution < 1.29 is 9.90 Å². The van der Waals surface area contributed by atoms with E-state index in [0.717, 1.165) is 29.2 Å². The Labute approximate surface area is 112 Å². The lowest BCUT2D eigenvalue weighted by Crippen LogP contribution is -2.49. The largest absolute Gasteiger partial charge is 0.465 e. The molecule has 0 unspecified atom stereocenters. The van der Waals surface area contributed by atoms with Gasteiger partial charge in [-0.15, -0.1) is 0 Å². The number of imidazole rings is 1. The number of nitrogens with zero attached hydrogens (tertiary/aromatic N) is 3. The van der Waals surface area contributed by atoms with Gasteiger partial charge in [0, 0.05) is 32.7 Å². The van der Waals surface area contributed by atoms with Crippen LogP contribution in [-0.4, -0.2) is 45.3 Å². The summed E-state index contributed by atoms with van der Waals surface area (Å²) in [6.45, 7) is 3.91. The molecule has 0 bridgehead atoms. The zero-order valence-electron chi connectivity index (χ0n) is 9.19. The summed E-state index contributed by atoms with van der Waals surface area (Å²) in [5.41, 5.74) is 1.24. The predicted molar refractivity (Wildman–Crippen MR) is 69.0 cm³/mol. The van der Waals surface area contributed by atoms with Gasteiger partial charge in [0.05, 0.1) is 11.6 Å². The Morgan fingerprint density at radius 1 is 1.53 bits per heavy atom. The second-order valence-corrected chi connectivity index (χ2v) is 5.44. The number of carbonyl (C=O) groups is 1. The zero-order chi connectivity index (χ0) is 12.0. The van der Waals surface area contributed by atoms with Gasteiger partial charge >= 0.3 is 6.09 Å². The van der Waals surface area contributed by atoms with Crippen LogP contribution in [-0.2, 0) is 13.1 Å². The van der Waals surface area contributed by atoms with Crippen molar-refractivity contribution in [3.8, 4) is 0 Å². The van der Waals surface area contributed by atoms with Gasteiger partial charge < -0.3 is 19.9 Å². The number of amides is 1. The summed E-state index contributed by atoms with van der Waals surface area (Å²) in [4.78, 5) is 16.8. The van der Waals surface area contributed by atoms with Crippen molar-refractivity contribution in [2.24, 2.45) is 0 Å². The molecule has 1 amide bonds. The summed E-state index contributed by atoms with van der Waals surface area (Å²) in [6, 6.07) is 0. The number of halogens is 1. The molecule has 1 aromatic heterocycles. The van der Waals surface area contributed by atoms with E-state index in [1.54, 1.807) is 0 Å². The fraction of sp³-hybridized carbons (Fsp3) is 0.600. The van der Waals surface area contributed by atoms with Crippen molar-refractivity contribution in [3.05, 3.63) is 15.2 Å². The van der Waals surface area contributed by atoms with Gasteiger partial charge in [-0.2, -0.15) is 0 Å². The molecule has 92 valence electrons. The summed E-state index contributed by atoms with van der Waals surface area (Å²) >= 11 is 2.25. The van der Waals surface area contributed by atoms with Crippen LogP contribution in [0.25, 0.3) is 0 Å². The number of nitrogens with one attached hydrogen (secondary N) is 1. The molecule has 0 saturated carbocycles. The fourth-order valence-corrected chi connectivity index (χ4v) is 3.13. The average Bonchev–Trinajstić information content (AvgIpc) is 2.55. The van der Waals surface area contributed by atoms with E-state index in [4.69, 9.17) is 5.11 Å². The first-order valence-electron chi connectivity index (χ1n) is 5.60. The highest BCUT2D eigenvalue weighted by Crippen LogP contribution is 2.29. The summed E-state index contributed by atoms with van der Waals surface area (Å²) in [7, 11) is 0. The molecule has 0 aliphatic carbocycles. The molecule has 1 aromatic rings. The Balaban J connectivity index is 1.83. The summed E-state index contributed by atoms with van der Waals surface area (Å²) < 4.78 is 3.29. The Morgan fingerprint density at radius 3 is 3.00 bits per heavy atom. The van der Waals surface area contributed by atoms with Crippen LogP contribution in [0.5, 0.6) is 0 Å². The van der Waals surface area contributed by atoms with Crippen molar-refractivity contribution in [3.63, 3.8) is 0 Å². The Hall–Kier alpha value is -0.830. The highest BCUT2D eigenvalue weighted by atomic mass is 127. The number of hydrogen-bond donors (Lipinski definition) is 2. The number of hydrogen-bond acceptors (Lipinski definition) is 3. The van der Waals surface area contributed by atoms with E-state index in [2.05, 4.69) is 37.5 Å². The molecule has 3 heterocycles. The lowest BCUT2D eigenvalue weighted by atomic mass is 10.00. The minimum Gasteiger partial charge on any atom is -0.465 e. The molecule has 1 fully saturated rings. The number of carboxylic acid groups (broad SMARTS) is 1. The van der Waals surface area contributed by atoms with Crippen molar-refractivity contribution in [1.29, 1.82) is 0 Å².